The van der Waals surface area contributed by atoms with Crippen LogP contribution < -0.4 is 0 Å². The Labute approximate surface area is 166 Å². The Hall–Kier alpha value is -1.94. The summed E-state index contributed by atoms with van der Waals surface area (Å²) in [5.41, 5.74) is -2.93. The molecule has 0 unspecified atom stereocenters. The van der Waals surface area contributed by atoms with Crippen molar-refractivity contribution in [2.24, 2.45) is 10.2 Å². The van der Waals surface area contributed by atoms with Gasteiger partial charge in [-0.2, -0.15) is 20.0 Å². The second-order valence-corrected chi connectivity index (χ2v) is 9.46. The molecule has 0 spiro atoms. The van der Waals surface area contributed by atoms with Gasteiger partial charge in [0.25, 0.3) is 0 Å². The van der Waals surface area contributed by atoms with Crippen molar-refractivity contribution in [2.75, 3.05) is 13.2 Å². The summed E-state index contributed by atoms with van der Waals surface area (Å²) in [7, 11) is 0. The lowest BCUT2D eigenvalue weighted by Crippen LogP contribution is -2.31. The third kappa shape index (κ3) is 15.2. The van der Waals surface area contributed by atoms with Crippen molar-refractivity contribution in [3.63, 3.8) is 0 Å². The highest BCUT2D eigenvalue weighted by Crippen LogP contribution is 2.18. The van der Waals surface area contributed by atoms with Crippen LogP contribution in [0.4, 0.5) is 9.59 Å². The average molecular weight is 406 g/mol. The Balaban J connectivity index is 4.44. The van der Waals surface area contributed by atoms with E-state index in [1.54, 1.807) is 69.2 Å². The van der Waals surface area contributed by atoms with E-state index in [4.69, 9.17) is 19.2 Å². The summed E-state index contributed by atoms with van der Waals surface area (Å²) < 4.78 is 9.94. The molecule has 0 atom stereocenters. The number of carbonyl (C=O) groups excluding carboxylic acids is 2. The van der Waals surface area contributed by atoms with Gasteiger partial charge in [-0.1, -0.05) is 0 Å². The minimum atomic E-state index is -0.970. The fourth-order valence-corrected chi connectivity index (χ4v) is 1.17. The third-order valence-corrected chi connectivity index (χ3v) is 2.40. The fourth-order valence-electron chi connectivity index (χ4n) is 1.17. The summed E-state index contributed by atoms with van der Waals surface area (Å²) in [4.78, 5) is 41.9. The molecular formula is C18H34N2O8. The second-order valence-electron chi connectivity index (χ2n) is 9.46. The summed E-state index contributed by atoms with van der Waals surface area (Å²) in [5, 5.41) is 8.32. The van der Waals surface area contributed by atoms with E-state index in [0.717, 1.165) is 0 Å². The van der Waals surface area contributed by atoms with Crippen LogP contribution in [0, 0.1) is 0 Å². The molecule has 0 rings (SSSR count). The molecular weight excluding hydrogens is 372 g/mol. The zero-order valence-corrected chi connectivity index (χ0v) is 18.6. The molecule has 0 aliphatic carbocycles. The number of hydrogen-bond donors (Lipinski definition) is 0. The van der Waals surface area contributed by atoms with Crippen molar-refractivity contribution in [2.45, 2.75) is 91.5 Å². The highest BCUT2D eigenvalue weighted by molar-refractivity contribution is 5.59. The Morgan fingerprint density at radius 3 is 1.14 bits per heavy atom. The summed E-state index contributed by atoms with van der Waals surface area (Å²) in [6, 6.07) is 0. The van der Waals surface area contributed by atoms with E-state index in [2.05, 4.69) is 20.0 Å². The lowest BCUT2D eigenvalue weighted by molar-refractivity contribution is -0.312. The first kappa shape index (κ1) is 26.1. The van der Waals surface area contributed by atoms with Crippen molar-refractivity contribution < 1.29 is 38.6 Å². The lowest BCUT2D eigenvalue weighted by atomic mass is 10.1. The smallest absolute Gasteiger partial charge is 0.430 e. The molecule has 0 N–H and O–H groups in total. The molecule has 0 aliphatic rings. The normalized spacial score (nSPS) is 13.4. The maximum absolute atomic E-state index is 11.5. The largest absolute Gasteiger partial charge is 0.540 e. The van der Waals surface area contributed by atoms with E-state index in [0.29, 0.717) is 0 Å². The van der Waals surface area contributed by atoms with Crippen molar-refractivity contribution in [1.82, 2.24) is 0 Å². The Kier molecular flexibility index (Phi) is 9.32. The maximum atomic E-state index is 11.5. The molecule has 0 saturated heterocycles. The predicted octanol–water partition coefficient (Wildman–Crippen LogP) is 4.76. The topological polar surface area (TPSA) is 114 Å². The lowest BCUT2D eigenvalue weighted by Gasteiger charge is -2.23. The molecule has 0 amide bonds. The zero-order valence-electron chi connectivity index (χ0n) is 18.6. The molecule has 0 aromatic carbocycles. The van der Waals surface area contributed by atoms with Crippen LogP contribution in [0.2, 0.25) is 0 Å². The molecule has 28 heavy (non-hydrogen) atoms. The predicted molar refractivity (Wildman–Crippen MR) is 99.6 cm³/mol. The van der Waals surface area contributed by atoms with Gasteiger partial charge in [-0.25, -0.2) is 9.59 Å². The molecule has 10 heteroatoms. The molecule has 0 bridgehead atoms. The Morgan fingerprint density at radius 2 is 0.893 bits per heavy atom. The van der Waals surface area contributed by atoms with E-state index in [1.807, 2.05) is 0 Å². The highest BCUT2D eigenvalue weighted by atomic mass is 17.2. The summed E-state index contributed by atoms with van der Waals surface area (Å²) >= 11 is 0. The minimum absolute atomic E-state index is 0.0821. The molecule has 10 nitrogen and oxygen atoms in total. The van der Waals surface area contributed by atoms with Crippen molar-refractivity contribution >= 4 is 12.3 Å². The number of azo groups is 1. The number of ether oxygens (including phenoxy) is 2. The van der Waals surface area contributed by atoms with Gasteiger partial charge in [0.15, 0.2) is 0 Å². The van der Waals surface area contributed by atoms with Crippen molar-refractivity contribution in [3.05, 3.63) is 0 Å². The van der Waals surface area contributed by atoms with Crippen molar-refractivity contribution in [1.29, 1.82) is 0 Å². The first-order chi connectivity index (χ1) is 12.4. The van der Waals surface area contributed by atoms with Crippen LogP contribution in [0.5, 0.6) is 0 Å². The Morgan fingerprint density at radius 1 is 0.607 bits per heavy atom. The van der Waals surface area contributed by atoms with Crippen LogP contribution in [-0.2, 0) is 29.0 Å². The van der Waals surface area contributed by atoms with Gasteiger partial charge < -0.3 is 9.47 Å². The maximum Gasteiger partial charge on any atom is 0.540 e. The standard InChI is InChI=1S/C18H34N2O8/c1-15(2,3)27-25-13(21)23-11-17(7,8)19-20-18(9,10)12-24-14(22)26-28-16(4,5)6/h11-12H2,1-10H3. The van der Waals surface area contributed by atoms with Crippen LogP contribution in [0.3, 0.4) is 0 Å². The average Bonchev–Trinajstić information content (AvgIpc) is 2.52. The van der Waals surface area contributed by atoms with E-state index in [9.17, 15) is 9.59 Å². The number of rotatable bonds is 8. The van der Waals surface area contributed by atoms with Gasteiger partial charge in [0.1, 0.15) is 35.5 Å². The van der Waals surface area contributed by atoms with Crippen molar-refractivity contribution in [3.8, 4) is 0 Å². The second kappa shape index (κ2) is 10.0. The van der Waals surface area contributed by atoms with Gasteiger partial charge in [0.05, 0.1) is 0 Å². The molecule has 0 radical (unpaired) electrons. The summed E-state index contributed by atoms with van der Waals surface area (Å²) in [6.07, 6.45) is -1.94. The molecule has 0 aromatic heterocycles. The first-order valence-electron chi connectivity index (χ1n) is 8.90. The Bertz CT molecular complexity index is 497. The van der Waals surface area contributed by atoms with Gasteiger partial charge >= 0.3 is 12.3 Å². The van der Waals surface area contributed by atoms with Gasteiger partial charge in [-0.05, 0) is 69.2 Å². The van der Waals surface area contributed by atoms with E-state index < -0.39 is 34.6 Å². The van der Waals surface area contributed by atoms with Gasteiger partial charge in [0, 0.05) is 0 Å². The van der Waals surface area contributed by atoms with Crippen LogP contribution in [-0.4, -0.2) is 47.8 Å². The number of carbonyl (C=O) groups is 2. The van der Waals surface area contributed by atoms with E-state index in [1.165, 1.54) is 0 Å². The van der Waals surface area contributed by atoms with Crippen LogP contribution in [0.1, 0.15) is 69.2 Å². The molecule has 0 heterocycles. The number of hydrogen-bond acceptors (Lipinski definition) is 10. The number of nitrogens with zero attached hydrogens (tertiary/aromatic N) is 2. The van der Waals surface area contributed by atoms with Gasteiger partial charge in [-0.15, -0.1) is 0 Å². The molecule has 0 fully saturated rings. The SMILES string of the molecule is CC(C)(COC(=O)OOC(C)(C)C)N=NC(C)(C)COC(=O)OOC(C)(C)C. The van der Waals surface area contributed by atoms with Crippen LogP contribution in [0.15, 0.2) is 10.2 Å². The fraction of sp³-hybridized carbons (Fsp3) is 0.889. The van der Waals surface area contributed by atoms with Gasteiger partial charge in [0.2, 0.25) is 0 Å². The summed E-state index contributed by atoms with van der Waals surface area (Å²) in [6.45, 7) is 17.1. The molecule has 164 valence electrons. The highest BCUT2D eigenvalue weighted by Gasteiger charge is 2.26. The van der Waals surface area contributed by atoms with Crippen LogP contribution in [0.25, 0.3) is 0 Å². The summed E-state index contributed by atoms with van der Waals surface area (Å²) in [5.74, 6) is 0. The molecule has 0 aliphatic heterocycles. The third-order valence-electron chi connectivity index (χ3n) is 2.40. The van der Waals surface area contributed by atoms with E-state index >= 15 is 0 Å². The first-order valence-corrected chi connectivity index (χ1v) is 8.90. The molecule has 0 aromatic rings. The monoisotopic (exact) mass is 406 g/mol. The zero-order chi connectivity index (χ0) is 22.2. The minimum Gasteiger partial charge on any atom is -0.430 e. The quantitative estimate of drug-likeness (QED) is 0.245. The molecule has 0 saturated carbocycles. The van der Waals surface area contributed by atoms with E-state index in [-0.39, 0.29) is 13.2 Å². The van der Waals surface area contributed by atoms with Gasteiger partial charge in [-0.3, -0.25) is 9.78 Å². The van der Waals surface area contributed by atoms with Crippen LogP contribution >= 0.6 is 0 Å².